The number of amides is 1. The van der Waals surface area contributed by atoms with Gasteiger partial charge in [-0.15, -0.1) is 0 Å². The van der Waals surface area contributed by atoms with Gasteiger partial charge in [0.05, 0.1) is 6.04 Å². The minimum Gasteiger partial charge on any atom is -0.341 e. The number of carbonyl (C=O) groups is 1. The molecule has 1 amide bonds. The fourth-order valence-electron chi connectivity index (χ4n) is 1.53. The molecule has 1 aliphatic heterocycles. The third kappa shape index (κ3) is 2.67. The summed E-state index contributed by atoms with van der Waals surface area (Å²) in [6.45, 7) is 3.47. The van der Waals surface area contributed by atoms with E-state index in [0.717, 1.165) is 25.9 Å². The number of piperidine rings is 1. The maximum Gasteiger partial charge on any atom is 0.239 e. The number of nitrogens with two attached hydrogens (primary N) is 2. The van der Waals surface area contributed by atoms with E-state index in [0.29, 0.717) is 6.42 Å². The zero-order valence-electron chi connectivity index (χ0n) is 8.20. The van der Waals surface area contributed by atoms with Crippen LogP contribution in [0.3, 0.4) is 0 Å². The number of hydrogen-bond acceptors (Lipinski definition) is 3. The van der Waals surface area contributed by atoms with Gasteiger partial charge in [0.1, 0.15) is 0 Å². The SMILES string of the molecule is CC[C@H](N)C(=O)N1CCC(N)CC1. The molecule has 4 N–H and O–H groups in total. The molecule has 0 aromatic heterocycles. The van der Waals surface area contributed by atoms with E-state index in [1.807, 2.05) is 11.8 Å². The molecule has 0 aliphatic carbocycles. The van der Waals surface area contributed by atoms with Gasteiger partial charge in [-0.3, -0.25) is 4.79 Å². The lowest BCUT2D eigenvalue weighted by Crippen LogP contribution is -2.49. The Morgan fingerprint density at radius 3 is 2.54 bits per heavy atom. The lowest BCUT2D eigenvalue weighted by atomic mass is 10.0. The summed E-state index contributed by atoms with van der Waals surface area (Å²) >= 11 is 0. The summed E-state index contributed by atoms with van der Waals surface area (Å²) in [4.78, 5) is 13.4. The first-order valence-electron chi connectivity index (χ1n) is 4.95. The minimum absolute atomic E-state index is 0.0781. The van der Waals surface area contributed by atoms with Crippen molar-refractivity contribution in [2.24, 2.45) is 11.5 Å². The molecule has 1 rings (SSSR count). The monoisotopic (exact) mass is 185 g/mol. The number of nitrogens with zero attached hydrogens (tertiary/aromatic N) is 1. The predicted octanol–water partition coefficient (Wildman–Crippen LogP) is -0.327. The number of likely N-dealkylation sites (tertiary alicyclic amines) is 1. The first-order valence-corrected chi connectivity index (χ1v) is 4.95. The van der Waals surface area contributed by atoms with E-state index in [1.54, 1.807) is 0 Å². The summed E-state index contributed by atoms with van der Waals surface area (Å²) in [7, 11) is 0. The Hall–Kier alpha value is -0.610. The lowest BCUT2D eigenvalue weighted by Gasteiger charge is -2.31. The molecular weight excluding hydrogens is 166 g/mol. The topological polar surface area (TPSA) is 72.4 Å². The molecule has 13 heavy (non-hydrogen) atoms. The summed E-state index contributed by atoms with van der Waals surface area (Å²) in [5.41, 5.74) is 11.4. The molecule has 0 aromatic carbocycles. The van der Waals surface area contributed by atoms with Gasteiger partial charge in [-0.1, -0.05) is 6.92 Å². The van der Waals surface area contributed by atoms with Gasteiger partial charge >= 0.3 is 0 Å². The van der Waals surface area contributed by atoms with Crippen molar-refractivity contribution in [3.63, 3.8) is 0 Å². The molecular formula is C9H19N3O. The van der Waals surface area contributed by atoms with E-state index in [2.05, 4.69) is 0 Å². The van der Waals surface area contributed by atoms with Gasteiger partial charge in [0.2, 0.25) is 5.91 Å². The Morgan fingerprint density at radius 1 is 1.54 bits per heavy atom. The van der Waals surface area contributed by atoms with Gasteiger partial charge in [0.25, 0.3) is 0 Å². The molecule has 1 aliphatic rings. The molecule has 0 saturated carbocycles. The van der Waals surface area contributed by atoms with E-state index in [1.165, 1.54) is 0 Å². The van der Waals surface area contributed by atoms with Crippen molar-refractivity contribution in [2.45, 2.75) is 38.3 Å². The Labute approximate surface area is 79.3 Å². The third-order valence-corrected chi connectivity index (χ3v) is 2.61. The van der Waals surface area contributed by atoms with Crippen LogP contribution >= 0.6 is 0 Å². The van der Waals surface area contributed by atoms with Crippen molar-refractivity contribution in [3.05, 3.63) is 0 Å². The van der Waals surface area contributed by atoms with Crippen LogP contribution in [0.4, 0.5) is 0 Å². The Bertz CT molecular complexity index is 176. The predicted molar refractivity (Wildman–Crippen MR) is 52.1 cm³/mol. The maximum atomic E-state index is 11.6. The van der Waals surface area contributed by atoms with Gasteiger partial charge in [-0.2, -0.15) is 0 Å². The average Bonchev–Trinajstić information content (AvgIpc) is 2.17. The zero-order valence-corrected chi connectivity index (χ0v) is 8.20. The van der Waals surface area contributed by atoms with Gasteiger partial charge in [0.15, 0.2) is 0 Å². The van der Waals surface area contributed by atoms with E-state index in [4.69, 9.17) is 11.5 Å². The van der Waals surface area contributed by atoms with Crippen molar-refractivity contribution in [1.82, 2.24) is 4.90 Å². The molecule has 0 radical (unpaired) electrons. The van der Waals surface area contributed by atoms with Crippen molar-refractivity contribution < 1.29 is 4.79 Å². The van der Waals surface area contributed by atoms with Gasteiger partial charge in [0, 0.05) is 19.1 Å². The highest BCUT2D eigenvalue weighted by atomic mass is 16.2. The van der Waals surface area contributed by atoms with Crippen molar-refractivity contribution in [1.29, 1.82) is 0 Å². The van der Waals surface area contributed by atoms with Crippen LogP contribution in [-0.2, 0) is 4.79 Å². The quantitative estimate of drug-likeness (QED) is 0.619. The molecule has 0 bridgehead atoms. The summed E-state index contributed by atoms with van der Waals surface area (Å²) < 4.78 is 0. The molecule has 1 heterocycles. The number of rotatable bonds is 2. The van der Waals surface area contributed by atoms with Crippen LogP contribution in [0.1, 0.15) is 26.2 Å². The summed E-state index contributed by atoms with van der Waals surface area (Å²) in [6.07, 6.45) is 2.52. The highest BCUT2D eigenvalue weighted by molar-refractivity contribution is 5.81. The molecule has 1 saturated heterocycles. The Balaban J connectivity index is 2.40. The Morgan fingerprint density at radius 2 is 2.08 bits per heavy atom. The fraction of sp³-hybridized carbons (Fsp3) is 0.889. The smallest absolute Gasteiger partial charge is 0.239 e. The van der Waals surface area contributed by atoms with Crippen molar-refractivity contribution in [3.8, 4) is 0 Å². The van der Waals surface area contributed by atoms with Crippen LogP contribution < -0.4 is 11.5 Å². The molecule has 0 aromatic rings. The third-order valence-electron chi connectivity index (χ3n) is 2.61. The molecule has 1 atom stereocenters. The van der Waals surface area contributed by atoms with Crippen LogP contribution in [0.15, 0.2) is 0 Å². The van der Waals surface area contributed by atoms with E-state index < -0.39 is 0 Å². The zero-order chi connectivity index (χ0) is 9.84. The maximum absolute atomic E-state index is 11.6. The first kappa shape index (κ1) is 10.5. The number of hydrogen-bond donors (Lipinski definition) is 2. The minimum atomic E-state index is -0.325. The highest BCUT2D eigenvalue weighted by Gasteiger charge is 2.23. The number of carbonyl (C=O) groups excluding carboxylic acids is 1. The second kappa shape index (κ2) is 4.58. The van der Waals surface area contributed by atoms with Crippen molar-refractivity contribution in [2.75, 3.05) is 13.1 Å². The Kier molecular flexibility index (Phi) is 3.69. The summed E-state index contributed by atoms with van der Waals surface area (Å²) in [5, 5.41) is 0. The molecule has 1 fully saturated rings. The van der Waals surface area contributed by atoms with E-state index in [-0.39, 0.29) is 18.0 Å². The second-order valence-electron chi connectivity index (χ2n) is 3.68. The van der Waals surface area contributed by atoms with Crippen LogP contribution in [0, 0.1) is 0 Å². The molecule has 4 heteroatoms. The summed E-state index contributed by atoms with van der Waals surface area (Å²) in [5.74, 6) is 0.0781. The molecule has 76 valence electrons. The largest absolute Gasteiger partial charge is 0.341 e. The molecule has 0 spiro atoms. The highest BCUT2D eigenvalue weighted by Crippen LogP contribution is 2.09. The molecule has 0 unspecified atom stereocenters. The van der Waals surface area contributed by atoms with E-state index in [9.17, 15) is 4.79 Å². The summed E-state index contributed by atoms with van der Waals surface area (Å²) in [6, 6.07) is -0.0591. The fourth-order valence-corrected chi connectivity index (χ4v) is 1.53. The van der Waals surface area contributed by atoms with Crippen LogP contribution in [0.5, 0.6) is 0 Å². The van der Waals surface area contributed by atoms with Gasteiger partial charge in [-0.25, -0.2) is 0 Å². The molecule has 4 nitrogen and oxygen atoms in total. The average molecular weight is 185 g/mol. The van der Waals surface area contributed by atoms with E-state index >= 15 is 0 Å². The standard InChI is InChI=1S/C9H19N3O/c1-2-8(11)9(13)12-5-3-7(10)4-6-12/h7-8H,2-6,10-11H2,1H3/t8-/m0/s1. The second-order valence-corrected chi connectivity index (χ2v) is 3.68. The van der Waals surface area contributed by atoms with Crippen LogP contribution in [0.2, 0.25) is 0 Å². The van der Waals surface area contributed by atoms with Gasteiger partial charge in [-0.05, 0) is 19.3 Å². The van der Waals surface area contributed by atoms with Crippen LogP contribution in [0.25, 0.3) is 0 Å². The van der Waals surface area contributed by atoms with Gasteiger partial charge < -0.3 is 16.4 Å². The van der Waals surface area contributed by atoms with Crippen molar-refractivity contribution >= 4 is 5.91 Å². The first-order chi connectivity index (χ1) is 6.15. The lowest BCUT2D eigenvalue weighted by molar-refractivity contribution is -0.133. The van der Waals surface area contributed by atoms with Crippen LogP contribution in [-0.4, -0.2) is 36.0 Å². The normalized spacial score (nSPS) is 21.6.